The number of aromatic nitrogens is 3. The van der Waals surface area contributed by atoms with Crippen molar-refractivity contribution in [2.45, 2.75) is 44.2 Å². The van der Waals surface area contributed by atoms with Crippen LogP contribution in [0, 0.1) is 5.92 Å². The van der Waals surface area contributed by atoms with Gasteiger partial charge < -0.3 is 14.8 Å². The van der Waals surface area contributed by atoms with Crippen LogP contribution in [0.4, 0.5) is 4.79 Å². The van der Waals surface area contributed by atoms with Crippen LogP contribution >= 0.6 is 0 Å². The second kappa shape index (κ2) is 6.17. The van der Waals surface area contributed by atoms with Gasteiger partial charge in [-0.3, -0.25) is 0 Å². The Kier molecular flexibility index (Phi) is 3.98. The highest BCUT2D eigenvalue weighted by Gasteiger charge is 2.57. The van der Waals surface area contributed by atoms with Gasteiger partial charge >= 0.3 is 6.03 Å². The molecule has 2 fully saturated rings. The van der Waals surface area contributed by atoms with E-state index in [0.29, 0.717) is 5.92 Å². The SMILES string of the molecule is C[C@H](NC(=O)N1C[C@@H]2CCCC[C@@]21c1ccccc1)c1nncn1C. The van der Waals surface area contributed by atoms with Crippen molar-refractivity contribution in [1.29, 1.82) is 0 Å². The van der Waals surface area contributed by atoms with Gasteiger partial charge in [0.1, 0.15) is 6.33 Å². The third kappa shape index (κ3) is 2.51. The molecule has 132 valence electrons. The van der Waals surface area contributed by atoms with Gasteiger partial charge in [0.05, 0.1) is 11.6 Å². The maximum atomic E-state index is 13.0. The fraction of sp³-hybridized carbons (Fsp3) is 0.526. The van der Waals surface area contributed by atoms with Crippen molar-refractivity contribution in [3.8, 4) is 0 Å². The molecule has 25 heavy (non-hydrogen) atoms. The maximum Gasteiger partial charge on any atom is 0.318 e. The zero-order chi connectivity index (χ0) is 17.4. The number of benzene rings is 1. The summed E-state index contributed by atoms with van der Waals surface area (Å²) < 4.78 is 1.84. The number of fused-ring (bicyclic) bond motifs is 1. The highest BCUT2D eigenvalue weighted by atomic mass is 16.2. The van der Waals surface area contributed by atoms with Crippen molar-refractivity contribution in [2.24, 2.45) is 13.0 Å². The first-order valence-electron chi connectivity index (χ1n) is 9.10. The summed E-state index contributed by atoms with van der Waals surface area (Å²) in [5.41, 5.74) is 1.14. The topological polar surface area (TPSA) is 63.1 Å². The summed E-state index contributed by atoms with van der Waals surface area (Å²) in [7, 11) is 1.89. The number of carbonyl (C=O) groups excluding carboxylic acids is 1. The smallest absolute Gasteiger partial charge is 0.318 e. The molecule has 3 atom stereocenters. The Labute approximate surface area is 148 Å². The van der Waals surface area contributed by atoms with Gasteiger partial charge in [-0.15, -0.1) is 10.2 Å². The number of amides is 2. The third-order valence-electron chi connectivity index (χ3n) is 5.91. The summed E-state index contributed by atoms with van der Waals surface area (Å²) in [6, 6.07) is 10.4. The van der Waals surface area contributed by atoms with E-state index in [4.69, 9.17) is 0 Å². The number of urea groups is 1. The predicted octanol–water partition coefficient (Wildman–Crippen LogP) is 2.99. The van der Waals surface area contributed by atoms with Crippen LogP contribution in [0.5, 0.6) is 0 Å². The highest BCUT2D eigenvalue weighted by Crippen LogP contribution is 2.53. The molecule has 0 spiro atoms. The number of nitrogens with one attached hydrogen (secondary N) is 1. The zero-order valence-corrected chi connectivity index (χ0v) is 14.9. The Bertz CT molecular complexity index is 758. The van der Waals surface area contributed by atoms with E-state index in [1.165, 1.54) is 24.8 Å². The van der Waals surface area contributed by atoms with Gasteiger partial charge in [-0.25, -0.2) is 4.79 Å². The van der Waals surface area contributed by atoms with E-state index in [1.54, 1.807) is 6.33 Å². The van der Waals surface area contributed by atoms with E-state index >= 15 is 0 Å². The number of likely N-dealkylation sites (tertiary alicyclic amines) is 1. The lowest BCUT2D eigenvalue weighted by Crippen LogP contribution is -2.69. The van der Waals surface area contributed by atoms with E-state index in [9.17, 15) is 4.79 Å². The number of rotatable bonds is 3. The monoisotopic (exact) mass is 339 g/mol. The second-order valence-electron chi connectivity index (χ2n) is 7.31. The van der Waals surface area contributed by atoms with Crippen molar-refractivity contribution < 1.29 is 4.79 Å². The van der Waals surface area contributed by atoms with Crippen molar-refractivity contribution in [1.82, 2.24) is 25.0 Å². The first-order chi connectivity index (χ1) is 12.1. The summed E-state index contributed by atoms with van der Waals surface area (Å²) in [6.45, 7) is 2.79. The molecule has 1 saturated heterocycles. The highest BCUT2D eigenvalue weighted by molar-refractivity contribution is 5.77. The molecule has 1 aromatic heterocycles. The minimum absolute atomic E-state index is 0.00231. The molecular formula is C19H25N5O. The van der Waals surface area contributed by atoms with Crippen LogP contribution in [0.25, 0.3) is 0 Å². The lowest BCUT2D eigenvalue weighted by Gasteiger charge is -2.61. The van der Waals surface area contributed by atoms with Crippen molar-refractivity contribution >= 4 is 6.03 Å². The summed E-state index contributed by atoms with van der Waals surface area (Å²) in [5, 5.41) is 11.1. The molecule has 6 nitrogen and oxygen atoms in total. The van der Waals surface area contributed by atoms with Crippen LogP contribution in [0.1, 0.15) is 50.0 Å². The number of hydrogen-bond donors (Lipinski definition) is 1. The van der Waals surface area contributed by atoms with E-state index in [-0.39, 0.29) is 17.6 Å². The summed E-state index contributed by atoms with van der Waals surface area (Å²) >= 11 is 0. The van der Waals surface area contributed by atoms with Crippen LogP contribution in [-0.4, -0.2) is 32.2 Å². The maximum absolute atomic E-state index is 13.0. The van der Waals surface area contributed by atoms with Crippen molar-refractivity contribution in [3.63, 3.8) is 0 Å². The molecule has 0 bridgehead atoms. The Morgan fingerprint density at radius 2 is 2.12 bits per heavy atom. The number of nitrogens with zero attached hydrogens (tertiary/aromatic N) is 4. The average molecular weight is 339 g/mol. The van der Waals surface area contributed by atoms with Gasteiger partial charge in [-0.05, 0) is 25.3 Å². The van der Waals surface area contributed by atoms with Crippen molar-refractivity contribution in [3.05, 3.63) is 48.0 Å². The Morgan fingerprint density at radius 3 is 2.80 bits per heavy atom. The molecule has 1 aliphatic heterocycles. The van der Waals surface area contributed by atoms with Crippen molar-refractivity contribution in [2.75, 3.05) is 6.54 Å². The van der Waals surface area contributed by atoms with E-state index in [1.807, 2.05) is 29.5 Å². The zero-order valence-electron chi connectivity index (χ0n) is 14.9. The summed E-state index contributed by atoms with van der Waals surface area (Å²) in [4.78, 5) is 15.1. The number of carbonyl (C=O) groups is 1. The molecule has 2 aliphatic rings. The van der Waals surface area contributed by atoms with E-state index < -0.39 is 0 Å². The van der Waals surface area contributed by atoms with Gasteiger partial charge in [0, 0.05) is 19.5 Å². The predicted molar refractivity (Wildman–Crippen MR) is 94.7 cm³/mol. The van der Waals surface area contributed by atoms with Gasteiger partial charge in [-0.2, -0.15) is 0 Å². The molecule has 1 aliphatic carbocycles. The Hall–Kier alpha value is -2.37. The summed E-state index contributed by atoms with van der Waals surface area (Å²) in [5.74, 6) is 1.34. The molecule has 1 aromatic carbocycles. The molecule has 6 heteroatoms. The second-order valence-corrected chi connectivity index (χ2v) is 7.31. The Morgan fingerprint density at radius 1 is 1.32 bits per heavy atom. The van der Waals surface area contributed by atoms with Crippen LogP contribution in [0.15, 0.2) is 36.7 Å². The largest absolute Gasteiger partial charge is 0.328 e. The van der Waals surface area contributed by atoms with Crippen LogP contribution in [-0.2, 0) is 12.6 Å². The van der Waals surface area contributed by atoms with Crippen LogP contribution in [0.3, 0.4) is 0 Å². The fourth-order valence-electron chi connectivity index (χ4n) is 4.64. The number of aryl methyl sites for hydroxylation is 1. The first-order valence-corrected chi connectivity index (χ1v) is 9.10. The fourth-order valence-corrected chi connectivity index (χ4v) is 4.64. The minimum atomic E-state index is -0.171. The average Bonchev–Trinajstić information content (AvgIpc) is 3.03. The third-order valence-corrected chi connectivity index (χ3v) is 5.91. The van der Waals surface area contributed by atoms with Gasteiger partial charge in [0.25, 0.3) is 0 Å². The van der Waals surface area contributed by atoms with Gasteiger partial charge in [0.2, 0.25) is 0 Å². The van der Waals surface area contributed by atoms with Gasteiger partial charge in [-0.1, -0.05) is 43.2 Å². The quantitative estimate of drug-likeness (QED) is 0.935. The molecule has 2 amide bonds. The molecule has 0 unspecified atom stereocenters. The summed E-state index contributed by atoms with van der Waals surface area (Å²) in [6.07, 6.45) is 6.35. The molecule has 1 N–H and O–H groups in total. The molecule has 2 heterocycles. The minimum Gasteiger partial charge on any atom is -0.328 e. The lowest BCUT2D eigenvalue weighted by molar-refractivity contribution is -0.0799. The van der Waals surface area contributed by atoms with E-state index in [0.717, 1.165) is 18.8 Å². The number of hydrogen-bond acceptors (Lipinski definition) is 3. The first kappa shape index (κ1) is 16.1. The van der Waals surface area contributed by atoms with E-state index in [2.05, 4.69) is 39.8 Å². The molecule has 0 radical (unpaired) electrons. The molecule has 4 rings (SSSR count). The van der Waals surface area contributed by atoms with Crippen LogP contribution in [0.2, 0.25) is 0 Å². The van der Waals surface area contributed by atoms with Crippen LogP contribution < -0.4 is 5.32 Å². The normalized spacial score (nSPS) is 26.5. The molecule has 1 saturated carbocycles. The molecular weight excluding hydrogens is 314 g/mol. The van der Waals surface area contributed by atoms with Gasteiger partial charge in [0.15, 0.2) is 5.82 Å². The Balaban J connectivity index is 1.57. The standard InChI is InChI=1S/C19H25N5O/c1-14(17-22-20-13-23(17)2)21-18(25)24-12-16-10-6-7-11-19(16,24)15-8-4-3-5-9-15/h3-5,8-9,13-14,16H,6-7,10-12H2,1-2H3,(H,21,25)/t14-,16-,19+/m0/s1. The lowest BCUT2D eigenvalue weighted by atomic mass is 9.62. The molecule has 2 aromatic rings.